The minimum Gasteiger partial charge on any atom is -0.481 e. The first-order chi connectivity index (χ1) is 16.4. The lowest BCUT2D eigenvalue weighted by Gasteiger charge is -2.27. The fraction of sp³-hybridized carbons (Fsp3) is 0.444. The molecule has 1 saturated carbocycles. The molecule has 0 spiro atoms. The third kappa shape index (κ3) is 5.24. The highest BCUT2D eigenvalue weighted by molar-refractivity contribution is 5.82. The van der Waals surface area contributed by atoms with Crippen LogP contribution in [-0.4, -0.2) is 53.7 Å². The van der Waals surface area contributed by atoms with Gasteiger partial charge in [-0.3, -0.25) is 9.59 Å². The molecule has 4 rings (SSSR count). The van der Waals surface area contributed by atoms with E-state index in [1.165, 1.54) is 22.3 Å². The minimum absolute atomic E-state index is 0.0117. The minimum atomic E-state index is -0.854. The smallest absolute Gasteiger partial charge is 0.407 e. The number of nitrogens with one attached hydrogen (secondary N) is 1. The average Bonchev–Trinajstić information content (AvgIpc) is 3.53. The van der Waals surface area contributed by atoms with Crippen LogP contribution in [0.1, 0.15) is 50.2 Å². The van der Waals surface area contributed by atoms with Crippen molar-refractivity contribution < 1.29 is 24.2 Å². The van der Waals surface area contributed by atoms with Gasteiger partial charge in [0.15, 0.2) is 0 Å². The summed E-state index contributed by atoms with van der Waals surface area (Å²) in [6, 6.07) is 16.4. The number of carbonyl (C=O) groups excluding carboxylic acids is 2. The Balaban J connectivity index is 1.25. The van der Waals surface area contributed by atoms with Crippen LogP contribution in [0.4, 0.5) is 4.79 Å². The topological polar surface area (TPSA) is 95.9 Å². The van der Waals surface area contributed by atoms with E-state index in [4.69, 9.17) is 9.84 Å². The summed E-state index contributed by atoms with van der Waals surface area (Å²) in [5.41, 5.74) is 4.70. The molecule has 2 aliphatic rings. The Labute approximate surface area is 200 Å². The van der Waals surface area contributed by atoms with Gasteiger partial charge in [-0.25, -0.2) is 4.79 Å². The lowest BCUT2D eigenvalue weighted by Crippen LogP contribution is -2.39. The molecule has 34 heavy (non-hydrogen) atoms. The molecule has 2 aliphatic carbocycles. The Morgan fingerprint density at radius 3 is 2.26 bits per heavy atom. The number of hydrogen-bond acceptors (Lipinski definition) is 4. The van der Waals surface area contributed by atoms with Gasteiger partial charge in [0, 0.05) is 37.4 Å². The maximum absolute atomic E-state index is 12.8. The zero-order valence-electron chi connectivity index (χ0n) is 19.7. The fourth-order valence-corrected chi connectivity index (χ4v) is 4.88. The highest BCUT2D eigenvalue weighted by Gasteiger charge is 2.45. The fourth-order valence-electron chi connectivity index (χ4n) is 4.88. The quantitative estimate of drug-likeness (QED) is 0.548. The number of carboxylic acids is 1. The first kappa shape index (κ1) is 23.8. The summed E-state index contributed by atoms with van der Waals surface area (Å²) in [5.74, 6) is -0.832. The van der Waals surface area contributed by atoms with Gasteiger partial charge < -0.3 is 20.1 Å². The van der Waals surface area contributed by atoms with E-state index in [2.05, 4.69) is 29.6 Å². The zero-order valence-corrected chi connectivity index (χ0v) is 19.7. The molecule has 0 radical (unpaired) electrons. The van der Waals surface area contributed by atoms with Crippen molar-refractivity contribution in [2.45, 2.75) is 45.1 Å². The lowest BCUT2D eigenvalue weighted by molar-refractivity contribution is -0.139. The number of carboxylic acid groups (broad SMARTS) is 1. The molecule has 0 bridgehead atoms. The van der Waals surface area contributed by atoms with E-state index in [-0.39, 0.29) is 42.7 Å². The van der Waals surface area contributed by atoms with Crippen molar-refractivity contribution in [3.8, 4) is 11.1 Å². The monoisotopic (exact) mass is 464 g/mol. The maximum Gasteiger partial charge on any atom is 0.407 e. The number of aliphatic carboxylic acids is 1. The van der Waals surface area contributed by atoms with Gasteiger partial charge in [-0.05, 0) is 54.9 Å². The molecule has 0 saturated heterocycles. The molecule has 1 fully saturated rings. The van der Waals surface area contributed by atoms with Crippen LogP contribution in [0.25, 0.3) is 11.1 Å². The van der Waals surface area contributed by atoms with Gasteiger partial charge >= 0.3 is 12.1 Å². The van der Waals surface area contributed by atoms with Crippen molar-refractivity contribution in [1.29, 1.82) is 0 Å². The number of amides is 2. The van der Waals surface area contributed by atoms with Gasteiger partial charge in [0.05, 0.1) is 0 Å². The summed E-state index contributed by atoms with van der Waals surface area (Å²) in [4.78, 5) is 37.8. The molecule has 2 atom stereocenters. The molecule has 7 heteroatoms. The number of fused-ring (bicyclic) bond motifs is 3. The summed E-state index contributed by atoms with van der Waals surface area (Å²) in [5, 5.41) is 11.7. The number of ether oxygens (including phenoxy) is 1. The van der Waals surface area contributed by atoms with Crippen molar-refractivity contribution in [2.75, 3.05) is 19.7 Å². The van der Waals surface area contributed by atoms with Crippen LogP contribution in [0.2, 0.25) is 0 Å². The number of rotatable bonds is 10. The van der Waals surface area contributed by atoms with Gasteiger partial charge in [-0.15, -0.1) is 0 Å². The summed E-state index contributed by atoms with van der Waals surface area (Å²) in [6.07, 6.45) is 0.745. The molecule has 7 nitrogen and oxygen atoms in total. The molecule has 0 aliphatic heterocycles. The lowest BCUT2D eigenvalue weighted by atomic mass is 9.98. The molecule has 2 N–H and O–H groups in total. The average molecular weight is 465 g/mol. The first-order valence-corrected chi connectivity index (χ1v) is 12.0. The number of hydrogen-bond donors (Lipinski definition) is 2. The Kier molecular flexibility index (Phi) is 7.20. The van der Waals surface area contributed by atoms with E-state index in [9.17, 15) is 14.4 Å². The number of benzene rings is 2. The predicted octanol–water partition coefficient (Wildman–Crippen LogP) is 4.26. The Morgan fingerprint density at radius 2 is 1.68 bits per heavy atom. The summed E-state index contributed by atoms with van der Waals surface area (Å²) in [7, 11) is 0. The van der Waals surface area contributed by atoms with Crippen LogP contribution in [0.3, 0.4) is 0 Å². The molecule has 180 valence electrons. The molecule has 2 aromatic carbocycles. The second-order valence-corrected chi connectivity index (χ2v) is 9.43. The SMILES string of the molecule is CC(C)N(CCCC(=O)O)C(=O)C1CC1CNC(=O)OCC1c2ccccc2-c2ccccc21. The first-order valence-electron chi connectivity index (χ1n) is 12.0. The van der Waals surface area contributed by atoms with Crippen molar-refractivity contribution in [1.82, 2.24) is 10.2 Å². The van der Waals surface area contributed by atoms with Crippen LogP contribution in [0.5, 0.6) is 0 Å². The van der Waals surface area contributed by atoms with Crippen molar-refractivity contribution >= 4 is 18.0 Å². The van der Waals surface area contributed by atoms with Crippen LogP contribution in [0.15, 0.2) is 48.5 Å². The predicted molar refractivity (Wildman–Crippen MR) is 128 cm³/mol. The van der Waals surface area contributed by atoms with Gasteiger partial charge in [0.2, 0.25) is 5.91 Å². The van der Waals surface area contributed by atoms with Crippen molar-refractivity contribution in [3.05, 3.63) is 59.7 Å². The van der Waals surface area contributed by atoms with Crippen LogP contribution in [0, 0.1) is 11.8 Å². The number of carbonyl (C=O) groups is 3. The summed E-state index contributed by atoms with van der Waals surface area (Å²) < 4.78 is 5.57. The van der Waals surface area contributed by atoms with E-state index in [1.807, 2.05) is 38.1 Å². The Morgan fingerprint density at radius 1 is 1.06 bits per heavy atom. The van der Waals surface area contributed by atoms with Gasteiger partial charge in [0.1, 0.15) is 6.61 Å². The Hall–Kier alpha value is -3.35. The van der Waals surface area contributed by atoms with Crippen LogP contribution >= 0.6 is 0 Å². The standard InChI is InChI=1S/C27H32N2O5/c1-17(2)29(13-7-12-25(30)31)26(32)23-14-18(23)15-28-27(33)34-16-24-21-10-5-3-8-19(21)20-9-4-6-11-22(20)24/h3-6,8-11,17-18,23-24H,7,12-16H2,1-2H3,(H,28,33)(H,30,31). The van der Waals surface area contributed by atoms with Crippen LogP contribution < -0.4 is 5.32 Å². The number of alkyl carbamates (subject to hydrolysis) is 1. The second kappa shape index (κ2) is 10.3. The molecule has 0 heterocycles. The highest BCUT2D eigenvalue weighted by Crippen LogP contribution is 2.44. The third-order valence-corrected chi connectivity index (χ3v) is 6.79. The number of nitrogens with zero attached hydrogens (tertiary/aromatic N) is 1. The maximum atomic E-state index is 12.8. The molecule has 2 unspecified atom stereocenters. The molecular formula is C27H32N2O5. The molecule has 2 aromatic rings. The van der Waals surface area contributed by atoms with Crippen LogP contribution in [-0.2, 0) is 14.3 Å². The van der Waals surface area contributed by atoms with Gasteiger partial charge in [-0.2, -0.15) is 0 Å². The van der Waals surface area contributed by atoms with Crippen molar-refractivity contribution in [3.63, 3.8) is 0 Å². The van der Waals surface area contributed by atoms with E-state index >= 15 is 0 Å². The van der Waals surface area contributed by atoms with Gasteiger partial charge in [-0.1, -0.05) is 48.5 Å². The normalized spacial score (nSPS) is 18.2. The Bertz CT molecular complexity index is 1020. The largest absolute Gasteiger partial charge is 0.481 e. The third-order valence-electron chi connectivity index (χ3n) is 6.79. The van der Waals surface area contributed by atoms with E-state index in [0.717, 1.165) is 6.42 Å². The summed E-state index contributed by atoms with van der Waals surface area (Å²) in [6.45, 7) is 4.97. The van der Waals surface area contributed by atoms with E-state index < -0.39 is 12.1 Å². The molecule has 0 aromatic heterocycles. The van der Waals surface area contributed by atoms with E-state index in [0.29, 0.717) is 19.5 Å². The highest BCUT2D eigenvalue weighted by atomic mass is 16.5. The zero-order chi connectivity index (χ0) is 24.2. The van der Waals surface area contributed by atoms with E-state index in [1.54, 1.807) is 4.90 Å². The summed E-state index contributed by atoms with van der Waals surface area (Å²) >= 11 is 0. The second-order valence-electron chi connectivity index (χ2n) is 9.43. The van der Waals surface area contributed by atoms with Crippen molar-refractivity contribution in [2.24, 2.45) is 11.8 Å². The molecule has 2 amide bonds. The molecular weight excluding hydrogens is 432 g/mol. The van der Waals surface area contributed by atoms with Gasteiger partial charge in [0.25, 0.3) is 0 Å².